The molecule has 0 aromatic heterocycles. The minimum atomic E-state index is -0.805. The van der Waals surface area contributed by atoms with E-state index in [-0.39, 0.29) is 6.42 Å². The minimum Gasteiger partial charge on any atom is -0.490 e. The molecule has 0 fully saturated rings. The predicted octanol–water partition coefficient (Wildman–Crippen LogP) is 2.23. The lowest BCUT2D eigenvalue weighted by Gasteiger charge is -2.14. The average molecular weight is 301 g/mol. The molecule has 0 bridgehead atoms. The topological polar surface area (TPSA) is 55.8 Å². The van der Waals surface area contributed by atoms with Crippen molar-refractivity contribution in [2.45, 2.75) is 18.9 Å². The Balaban J connectivity index is 2.34. The van der Waals surface area contributed by atoms with Gasteiger partial charge in [0.25, 0.3) is 0 Å². The smallest absolute Gasteiger partial charge is 0.175 e. The van der Waals surface area contributed by atoms with Crippen molar-refractivity contribution < 1.29 is 19.4 Å². The van der Waals surface area contributed by atoms with Crippen molar-refractivity contribution in [1.29, 1.82) is 0 Å². The fourth-order valence-electron chi connectivity index (χ4n) is 1.67. The third kappa shape index (κ3) is 2.79. The Kier molecular flexibility index (Phi) is 4.02. The van der Waals surface area contributed by atoms with Crippen molar-refractivity contribution in [2.24, 2.45) is 0 Å². The number of carbonyl (C=O) groups excluding carboxylic acids is 1. The van der Waals surface area contributed by atoms with E-state index in [1.807, 2.05) is 0 Å². The van der Waals surface area contributed by atoms with E-state index in [1.165, 1.54) is 0 Å². The zero-order chi connectivity index (χ0) is 12.3. The molecule has 1 aromatic carbocycles. The lowest BCUT2D eigenvalue weighted by atomic mass is 10.1. The zero-order valence-corrected chi connectivity index (χ0v) is 10.8. The molecule has 1 heterocycles. The summed E-state index contributed by atoms with van der Waals surface area (Å²) < 4.78 is 11.8. The summed E-state index contributed by atoms with van der Waals surface area (Å²) in [5.41, 5.74) is 0.647. The van der Waals surface area contributed by atoms with Crippen molar-refractivity contribution in [3.8, 4) is 11.5 Å². The predicted molar refractivity (Wildman–Crippen MR) is 65.4 cm³/mol. The number of aliphatic hydroxyl groups excluding tert-OH is 1. The van der Waals surface area contributed by atoms with Crippen LogP contribution in [0.3, 0.4) is 0 Å². The van der Waals surface area contributed by atoms with Crippen LogP contribution in [0.25, 0.3) is 0 Å². The van der Waals surface area contributed by atoms with E-state index >= 15 is 0 Å². The van der Waals surface area contributed by atoms with Crippen LogP contribution in [0.15, 0.2) is 16.6 Å². The van der Waals surface area contributed by atoms with Crippen LogP contribution in [-0.2, 0) is 4.79 Å². The Morgan fingerprint density at radius 1 is 1.41 bits per heavy atom. The molecule has 1 aromatic rings. The number of aldehydes is 1. The number of hydrogen-bond acceptors (Lipinski definition) is 4. The van der Waals surface area contributed by atoms with Gasteiger partial charge in [0.1, 0.15) is 6.29 Å². The number of benzene rings is 1. The highest BCUT2D eigenvalue weighted by atomic mass is 79.9. The maximum absolute atomic E-state index is 10.4. The number of rotatable bonds is 3. The molecule has 0 amide bonds. The number of hydrogen-bond donors (Lipinski definition) is 1. The summed E-state index contributed by atoms with van der Waals surface area (Å²) in [6, 6.07) is 3.47. The van der Waals surface area contributed by atoms with Gasteiger partial charge in [0.15, 0.2) is 11.5 Å². The Labute approximate surface area is 108 Å². The molecule has 0 saturated heterocycles. The number of fused-ring (bicyclic) bond motifs is 1. The van der Waals surface area contributed by atoms with Gasteiger partial charge in [-0.25, -0.2) is 0 Å². The summed E-state index contributed by atoms with van der Waals surface area (Å²) in [4.78, 5) is 10.4. The Morgan fingerprint density at radius 2 is 2.18 bits per heavy atom. The summed E-state index contributed by atoms with van der Waals surface area (Å²) in [7, 11) is 0. The molecule has 1 N–H and O–H groups in total. The van der Waals surface area contributed by atoms with Gasteiger partial charge in [0.2, 0.25) is 0 Å². The van der Waals surface area contributed by atoms with Crippen LogP contribution in [0.1, 0.15) is 24.5 Å². The second kappa shape index (κ2) is 5.51. The van der Waals surface area contributed by atoms with E-state index in [0.29, 0.717) is 36.6 Å². The summed E-state index contributed by atoms with van der Waals surface area (Å²) >= 11 is 3.38. The first-order valence-electron chi connectivity index (χ1n) is 5.43. The van der Waals surface area contributed by atoms with Crippen molar-refractivity contribution in [3.05, 3.63) is 22.2 Å². The molecule has 1 atom stereocenters. The van der Waals surface area contributed by atoms with Gasteiger partial charge in [-0.05, 0) is 33.6 Å². The maximum atomic E-state index is 10.4. The second-order valence-electron chi connectivity index (χ2n) is 3.80. The fourth-order valence-corrected chi connectivity index (χ4v) is 2.24. The van der Waals surface area contributed by atoms with Gasteiger partial charge in [-0.15, -0.1) is 0 Å². The van der Waals surface area contributed by atoms with Gasteiger partial charge in [0.05, 0.1) is 23.8 Å². The molecular weight excluding hydrogens is 288 g/mol. The Bertz CT molecular complexity index is 419. The second-order valence-corrected chi connectivity index (χ2v) is 4.65. The first-order chi connectivity index (χ1) is 8.22. The number of aliphatic hydroxyl groups is 1. The van der Waals surface area contributed by atoms with Crippen LogP contribution in [0.4, 0.5) is 0 Å². The number of ether oxygens (including phenoxy) is 2. The monoisotopic (exact) mass is 300 g/mol. The zero-order valence-electron chi connectivity index (χ0n) is 9.19. The maximum Gasteiger partial charge on any atom is 0.175 e. The van der Waals surface area contributed by atoms with E-state index in [1.54, 1.807) is 12.1 Å². The summed E-state index contributed by atoms with van der Waals surface area (Å²) in [6.45, 7) is 1.20. The highest BCUT2D eigenvalue weighted by molar-refractivity contribution is 9.10. The molecule has 17 heavy (non-hydrogen) atoms. The van der Waals surface area contributed by atoms with Gasteiger partial charge in [-0.1, -0.05) is 0 Å². The van der Waals surface area contributed by atoms with E-state index < -0.39 is 6.10 Å². The van der Waals surface area contributed by atoms with Crippen LogP contribution in [0.2, 0.25) is 0 Å². The van der Waals surface area contributed by atoms with Crippen LogP contribution in [0.5, 0.6) is 11.5 Å². The highest BCUT2D eigenvalue weighted by Crippen LogP contribution is 2.39. The summed E-state index contributed by atoms with van der Waals surface area (Å²) in [5, 5.41) is 9.77. The third-order valence-corrected chi connectivity index (χ3v) is 3.12. The quantitative estimate of drug-likeness (QED) is 0.870. The molecule has 1 unspecified atom stereocenters. The van der Waals surface area contributed by atoms with Crippen LogP contribution < -0.4 is 9.47 Å². The van der Waals surface area contributed by atoms with Gasteiger partial charge >= 0.3 is 0 Å². The number of carbonyl (C=O) groups is 1. The van der Waals surface area contributed by atoms with Crippen LogP contribution in [-0.4, -0.2) is 24.6 Å². The molecule has 0 saturated carbocycles. The highest BCUT2D eigenvalue weighted by Gasteiger charge is 2.18. The summed E-state index contributed by atoms with van der Waals surface area (Å²) in [5.74, 6) is 1.27. The van der Waals surface area contributed by atoms with Gasteiger partial charge in [0, 0.05) is 12.8 Å². The molecule has 4 nitrogen and oxygen atoms in total. The summed E-state index contributed by atoms with van der Waals surface area (Å²) in [6.07, 6.45) is 0.794. The molecule has 1 aliphatic heterocycles. The molecule has 2 rings (SSSR count). The molecule has 92 valence electrons. The average Bonchev–Trinajstić information content (AvgIpc) is 2.54. The van der Waals surface area contributed by atoms with Crippen molar-refractivity contribution in [2.75, 3.05) is 13.2 Å². The fraction of sp³-hybridized carbons (Fsp3) is 0.417. The molecule has 0 radical (unpaired) electrons. The van der Waals surface area contributed by atoms with Crippen molar-refractivity contribution >= 4 is 22.2 Å². The standard InChI is InChI=1S/C12H13BrO4/c13-9-6-8(10(15)2-3-14)7-11-12(9)17-5-1-4-16-11/h3,6-7,10,15H,1-2,4-5H2. The van der Waals surface area contributed by atoms with Crippen molar-refractivity contribution in [3.63, 3.8) is 0 Å². The van der Waals surface area contributed by atoms with E-state index in [2.05, 4.69) is 15.9 Å². The molecular formula is C12H13BrO4. The molecule has 1 aliphatic rings. The number of halogens is 1. The lowest BCUT2D eigenvalue weighted by Crippen LogP contribution is -2.00. The van der Waals surface area contributed by atoms with E-state index in [4.69, 9.17) is 9.47 Å². The largest absolute Gasteiger partial charge is 0.490 e. The first kappa shape index (κ1) is 12.4. The first-order valence-corrected chi connectivity index (χ1v) is 6.22. The molecule has 5 heteroatoms. The normalized spacial score (nSPS) is 16.1. The molecule has 0 spiro atoms. The Morgan fingerprint density at radius 3 is 2.94 bits per heavy atom. The van der Waals surface area contributed by atoms with Gasteiger partial charge in [-0.3, -0.25) is 0 Å². The van der Waals surface area contributed by atoms with E-state index in [9.17, 15) is 9.90 Å². The third-order valence-electron chi connectivity index (χ3n) is 2.53. The minimum absolute atomic E-state index is 0.0755. The van der Waals surface area contributed by atoms with Gasteiger partial charge in [-0.2, -0.15) is 0 Å². The van der Waals surface area contributed by atoms with Crippen LogP contribution >= 0.6 is 15.9 Å². The lowest BCUT2D eigenvalue weighted by molar-refractivity contribution is -0.109. The van der Waals surface area contributed by atoms with Crippen molar-refractivity contribution in [1.82, 2.24) is 0 Å². The van der Waals surface area contributed by atoms with Gasteiger partial charge < -0.3 is 19.4 Å². The SMILES string of the molecule is O=CCC(O)c1cc(Br)c2c(c1)OCCCO2. The van der Waals surface area contributed by atoms with E-state index in [0.717, 1.165) is 10.9 Å². The van der Waals surface area contributed by atoms with Crippen LogP contribution in [0, 0.1) is 0 Å². The Hall–Kier alpha value is -1.07. The molecule has 0 aliphatic carbocycles.